The van der Waals surface area contributed by atoms with Crippen molar-refractivity contribution in [3.05, 3.63) is 15.6 Å². The lowest BCUT2D eigenvalue weighted by molar-refractivity contribution is -0.0702. The predicted octanol–water partition coefficient (Wildman–Crippen LogP) is 3.08. The molecule has 1 fully saturated rings. The quantitative estimate of drug-likeness (QED) is 0.770. The molecule has 0 saturated carbocycles. The van der Waals surface area contributed by atoms with Crippen LogP contribution in [0.3, 0.4) is 0 Å². The first-order valence-electron chi connectivity index (χ1n) is 6.36. The zero-order chi connectivity index (χ0) is 11.9. The lowest BCUT2D eigenvalue weighted by atomic mass is 9.96. The van der Waals surface area contributed by atoms with Crippen molar-refractivity contribution in [3.63, 3.8) is 0 Å². The molecule has 1 saturated heterocycles. The fourth-order valence-corrected chi connectivity index (χ4v) is 3.81. The zero-order valence-corrected chi connectivity index (χ0v) is 10.9. The minimum Gasteiger partial charge on any atom is -0.368 e. The molecule has 1 aliphatic carbocycles. The van der Waals surface area contributed by atoms with Crippen LogP contribution in [0.1, 0.15) is 59.4 Å². The summed E-state index contributed by atoms with van der Waals surface area (Å²) in [5.41, 5.74) is 0.761. The molecule has 4 heteroatoms. The minimum absolute atomic E-state index is 0.249. The SMILES string of the molecule is CC1(c2nc3c(s2)C(=O)CCC3)CCCCO1. The molecular weight excluding hydrogens is 234 g/mol. The molecule has 17 heavy (non-hydrogen) atoms. The Morgan fingerprint density at radius 3 is 2.88 bits per heavy atom. The number of rotatable bonds is 1. The summed E-state index contributed by atoms with van der Waals surface area (Å²) in [6.45, 7) is 2.93. The van der Waals surface area contributed by atoms with Gasteiger partial charge in [-0.2, -0.15) is 0 Å². The molecule has 1 atom stereocenters. The first-order chi connectivity index (χ1) is 8.19. The number of ether oxygens (including phenoxy) is 1. The van der Waals surface area contributed by atoms with E-state index in [9.17, 15) is 4.79 Å². The van der Waals surface area contributed by atoms with Crippen LogP contribution in [0.4, 0.5) is 0 Å². The van der Waals surface area contributed by atoms with E-state index in [2.05, 4.69) is 11.9 Å². The Bertz CT molecular complexity index is 446. The number of nitrogens with zero attached hydrogens (tertiary/aromatic N) is 1. The largest absolute Gasteiger partial charge is 0.368 e. The number of thiazole rings is 1. The molecule has 0 bridgehead atoms. The maximum Gasteiger partial charge on any atom is 0.174 e. The molecule has 0 radical (unpaired) electrons. The van der Waals surface area contributed by atoms with Gasteiger partial charge in [0.2, 0.25) is 0 Å². The molecule has 2 heterocycles. The molecule has 0 spiro atoms. The van der Waals surface area contributed by atoms with Crippen molar-refractivity contribution in [1.82, 2.24) is 4.98 Å². The fourth-order valence-electron chi connectivity index (χ4n) is 2.60. The van der Waals surface area contributed by atoms with E-state index in [0.29, 0.717) is 6.42 Å². The van der Waals surface area contributed by atoms with Crippen molar-refractivity contribution in [2.45, 2.75) is 51.0 Å². The van der Waals surface area contributed by atoms with E-state index in [4.69, 9.17) is 4.74 Å². The van der Waals surface area contributed by atoms with Crippen molar-refractivity contribution >= 4 is 17.1 Å². The second-order valence-corrected chi connectivity index (χ2v) is 6.11. The molecule has 1 aromatic rings. The highest BCUT2D eigenvalue weighted by atomic mass is 32.1. The van der Waals surface area contributed by atoms with Crippen LogP contribution in [0.5, 0.6) is 0 Å². The smallest absolute Gasteiger partial charge is 0.174 e. The monoisotopic (exact) mass is 251 g/mol. The maximum absolute atomic E-state index is 11.8. The average Bonchev–Trinajstić information content (AvgIpc) is 2.76. The number of fused-ring (bicyclic) bond motifs is 1. The minimum atomic E-state index is -0.249. The van der Waals surface area contributed by atoms with Crippen LogP contribution in [0.2, 0.25) is 0 Å². The van der Waals surface area contributed by atoms with Crippen molar-refractivity contribution in [2.75, 3.05) is 6.61 Å². The summed E-state index contributed by atoms with van der Waals surface area (Å²) in [5, 5.41) is 1.01. The molecule has 1 unspecified atom stereocenters. The van der Waals surface area contributed by atoms with E-state index in [1.807, 2.05) is 0 Å². The highest BCUT2D eigenvalue weighted by molar-refractivity contribution is 7.14. The second-order valence-electron chi connectivity index (χ2n) is 5.11. The predicted molar refractivity (Wildman–Crippen MR) is 66.5 cm³/mol. The van der Waals surface area contributed by atoms with Crippen LogP contribution in [-0.2, 0) is 16.8 Å². The summed E-state index contributed by atoms with van der Waals surface area (Å²) in [5.74, 6) is 0.273. The summed E-state index contributed by atoms with van der Waals surface area (Å²) < 4.78 is 5.90. The Morgan fingerprint density at radius 1 is 1.29 bits per heavy atom. The van der Waals surface area contributed by atoms with Crippen LogP contribution in [-0.4, -0.2) is 17.4 Å². The lowest BCUT2D eigenvalue weighted by Crippen LogP contribution is -2.30. The first-order valence-corrected chi connectivity index (χ1v) is 7.18. The molecule has 3 nitrogen and oxygen atoms in total. The second kappa shape index (κ2) is 4.18. The van der Waals surface area contributed by atoms with Crippen molar-refractivity contribution in [1.29, 1.82) is 0 Å². The third-order valence-corrected chi connectivity index (χ3v) is 5.07. The summed E-state index contributed by atoms with van der Waals surface area (Å²) >= 11 is 1.56. The molecule has 0 amide bonds. The summed E-state index contributed by atoms with van der Waals surface area (Å²) in [6.07, 6.45) is 5.94. The fraction of sp³-hybridized carbons (Fsp3) is 0.692. The topological polar surface area (TPSA) is 39.2 Å². The van der Waals surface area contributed by atoms with Gasteiger partial charge in [-0.1, -0.05) is 0 Å². The number of aryl methyl sites for hydroxylation is 1. The molecule has 92 valence electrons. The van der Waals surface area contributed by atoms with Gasteiger partial charge in [0.25, 0.3) is 0 Å². The van der Waals surface area contributed by atoms with Crippen molar-refractivity contribution < 1.29 is 9.53 Å². The van der Waals surface area contributed by atoms with Gasteiger partial charge in [-0.25, -0.2) is 4.98 Å². The number of hydrogen-bond acceptors (Lipinski definition) is 4. The molecular formula is C13H17NO2S. The Hall–Kier alpha value is -0.740. The molecule has 0 N–H and O–H groups in total. The van der Waals surface area contributed by atoms with Gasteiger partial charge in [-0.3, -0.25) is 4.79 Å². The van der Waals surface area contributed by atoms with Gasteiger partial charge in [0.15, 0.2) is 5.78 Å². The van der Waals surface area contributed by atoms with E-state index in [1.54, 1.807) is 11.3 Å². The Balaban J connectivity index is 1.96. The van der Waals surface area contributed by atoms with E-state index in [0.717, 1.165) is 47.9 Å². The third kappa shape index (κ3) is 1.93. The van der Waals surface area contributed by atoms with Crippen LogP contribution in [0, 0.1) is 0 Å². The van der Waals surface area contributed by atoms with Crippen molar-refractivity contribution in [3.8, 4) is 0 Å². The number of carbonyl (C=O) groups excluding carboxylic acids is 1. The van der Waals surface area contributed by atoms with Gasteiger partial charge >= 0.3 is 0 Å². The van der Waals surface area contributed by atoms with E-state index in [1.165, 1.54) is 6.42 Å². The summed E-state index contributed by atoms with van der Waals surface area (Å²) in [6, 6.07) is 0. The Kier molecular flexibility index (Phi) is 2.79. The van der Waals surface area contributed by atoms with Gasteiger partial charge in [0, 0.05) is 13.0 Å². The van der Waals surface area contributed by atoms with Crippen molar-refractivity contribution in [2.24, 2.45) is 0 Å². The molecule has 1 aromatic heterocycles. The number of aromatic nitrogens is 1. The Labute approximate surface area is 105 Å². The first kappa shape index (κ1) is 11.4. The highest BCUT2D eigenvalue weighted by Crippen LogP contribution is 2.39. The number of ketones is 1. The van der Waals surface area contributed by atoms with Crippen LogP contribution >= 0.6 is 11.3 Å². The van der Waals surface area contributed by atoms with Gasteiger partial charge in [-0.05, 0) is 39.0 Å². The zero-order valence-electron chi connectivity index (χ0n) is 10.1. The standard InChI is InChI=1S/C13H17NO2S/c1-13(7-2-3-8-16-13)12-14-9-5-4-6-10(15)11(9)17-12/h2-8H2,1H3. The third-order valence-electron chi connectivity index (χ3n) is 3.69. The summed E-state index contributed by atoms with van der Waals surface area (Å²) in [4.78, 5) is 17.4. The number of carbonyl (C=O) groups is 1. The van der Waals surface area contributed by atoms with E-state index < -0.39 is 0 Å². The van der Waals surface area contributed by atoms with Gasteiger partial charge in [0.1, 0.15) is 10.6 Å². The molecule has 2 aliphatic rings. The normalized spacial score (nSPS) is 29.1. The van der Waals surface area contributed by atoms with E-state index >= 15 is 0 Å². The van der Waals surface area contributed by atoms with Gasteiger partial charge < -0.3 is 4.74 Å². The lowest BCUT2D eigenvalue weighted by Gasteiger charge is -2.31. The maximum atomic E-state index is 11.8. The summed E-state index contributed by atoms with van der Waals surface area (Å²) in [7, 11) is 0. The van der Waals surface area contributed by atoms with Gasteiger partial charge in [-0.15, -0.1) is 11.3 Å². The van der Waals surface area contributed by atoms with Crippen LogP contribution < -0.4 is 0 Å². The van der Waals surface area contributed by atoms with Crippen LogP contribution in [0.25, 0.3) is 0 Å². The average molecular weight is 251 g/mol. The Morgan fingerprint density at radius 2 is 2.18 bits per heavy atom. The van der Waals surface area contributed by atoms with E-state index in [-0.39, 0.29) is 11.4 Å². The molecule has 1 aliphatic heterocycles. The van der Waals surface area contributed by atoms with Crippen LogP contribution in [0.15, 0.2) is 0 Å². The highest BCUT2D eigenvalue weighted by Gasteiger charge is 2.35. The van der Waals surface area contributed by atoms with Gasteiger partial charge in [0.05, 0.1) is 10.6 Å². The molecule has 3 rings (SSSR count). The molecule has 0 aromatic carbocycles. The number of hydrogen-bond donors (Lipinski definition) is 0. The number of Topliss-reactive ketones (excluding diaryl/α,β-unsaturated/α-hetero) is 1.